The van der Waals surface area contributed by atoms with Gasteiger partial charge in [-0.25, -0.2) is 0 Å². The van der Waals surface area contributed by atoms with E-state index in [0.717, 1.165) is 159 Å². The van der Waals surface area contributed by atoms with Crippen molar-refractivity contribution in [3.05, 3.63) is 424 Å². The van der Waals surface area contributed by atoms with Gasteiger partial charge in [-0.2, -0.15) is 0 Å². The zero-order valence-electron chi connectivity index (χ0n) is 69.5. The third kappa shape index (κ3) is 11.3. The summed E-state index contributed by atoms with van der Waals surface area (Å²) in [5.41, 5.74) is 13.1. The van der Waals surface area contributed by atoms with Gasteiger partial charge in [0.25, 0.3) is 0 Å². The molecule has 0 radical (unpaired) electrons. The first kappa shape index (κ1) is 58.3. The number of fused-ring (bicyclic) bond motifs is 18. The third-order valence-electron chi connectivity index (χ3n) is 22.6. The van der Waals surface area contributed by atoms with E-state index >= 15 is 0 Å². The maximum atomic E-state index is 9.85. The van der Waals surface area contributed by atoms with Crippen molar-refractivity contribution in [3.8, 4) is 55.6 Å². The van der Waals surface area contributed by atoms with E-state index in [1.54, 1.807) is 11.3 Å². The average Bonchev–Trinajstić information content (AvgIpc) is 1.00. The van der Waals surface area contributed by atoms with Crippen LogP contribution in [-0.2, 0) is 0 Å². The van der Waals surface area contributed by atoms with Crippen LogP contribution in [-0.4, -0.2) is 0 Å². The van der Waals surface area contributed by atoms with Gasteiger partial charge in [-0.3, -0.25) is 0 Å². The molecule has 0 fully saturated rings. The second-order valence-electron chi connectivity index (χ2n) is 29.0. The number of benzene rings is 21. The fraction of sp³-hybridized carbons (Fsp3) is 0. The summed E-state index contributed by atoms with van der Waals surface area (Å²) < 4.78 is 87.3. The van der Waals surface area contributed by atoms with E-state index in [-0.39, 0.29) is 70.8 Å². The summed E-state index contributed by atoms with van der Waals surface area (Å²) in [6, 6.07) is 127. The van der Waals surface area contributed by atoms with Crippen LogP contribution in [0, 0.1) is 0 Å². The van der Waals surface area contributed by atoms with Crippen LogP contribution in [0.3, 0.4) is 0 Å². The lowest BCUT2D eigenvalue weighted by Gasteiger charge is -2.28. The topological polar surface area (TPSA) is 19.6 Å². The molecule has 3 nitrogen and oxygen atoms in total. The number of para-hydroxylation sites is 2. The molecule has 532 valence electrons. The highest BCUT2D eigenvalue weighted by Crippen LogP contribution is 2.49. The van der Waals surface area contributed by atoms with E-state index in [0.29, 0.717) is 16.8 Å². The summed E-state index contributed by atoms with van der Waals surface area (Å²) in [4.78, 5) is 3.84. The van der Waals surface area contributed by atoms with Crippen molar-refractivity contribution in [2.24, 2.45) is 0 Å². The van der Waals surface area contributed by atoms with E-state index < -0.39 is 0 Å². The molecule has 0 atom stereocenters. The van der Waals surface area contributed by atoms with Crippen LogP contribution in [0.4, 0.5) is 34.1 Å². The van der Waals surface area contributed by atoms with Crippen LogP contribution in [0.5, 0.6) is 0 Å². The predicted molar refractivity (Wildman–Crippen MR) is 490 cm³/mol. The van der Waals surface area contributed by atoms with Crippen LogP contribution in [0.25, 0.3) is 184 Å². The zero-order valence-corrected chi connectivity index (χ0v) is 62.3. The van der Waals surface area contributed by atoms with Crippen molar-refractivity contribution in [3.63, 3.8) is 0 Å². The van der Waals surface area contributed by atoms with E-state index in [1.165, 1.54) is 20.2 Å². The quantitative estimate of drug-likeness (QED) is 0.120. The highest BCUT2D eigenvalue weighted by atomic mass is 32.1. The van der Waals surface area contributed by atoms with Gasteiger partial charge in [0.1, 0.15) is 11.2 Å². The molecule has 23 rings (SSSR count). The van der Waals surface area contributed by atoms with E-state index in [1.807, 2.05) is 186 Å². The Hall–Kier alpha value is -14.7. The summed E-state index contributed by atoms with van der Waals surface area (Å²) in [5, 5.41) is 20.6. The lowest BCUT2D eigenvalue weighted by atomic mass is 9.93. The number of anilines is 6. The van der Waals surface area contributed by atoms with Crippen molar-refractivity contribution < 1.29 is 15.4 Å². The summed E-state index contributed by atoms with van der Waals surface area (Å²) in [6.45, 7) is 0. The Morgan fingerprint density at radius 1 is 0.202 bits per heavy atom. The minimum atomic E-state index is -0.129. The van der Waals surface area contributed by atoms with Crippen LogP contribution in [0.1, 0.15) is 11.0 Å². The Morgan fingerprint density at radius 3 is 0.956 bits per heavy atom. The Kier molecular flexibility index (Phi) is 14.2. The average molecular weight is 1480 g/mol. The molecule has 2 aromatic heterocycles. The second kappa shape index (κ2) is 27.7. The third-order valence-corrected chi connectivity index (χ3v) is 23.8. The molecule has 23 aromatic rings. The van der Waals surface area contributed by atoms with Crippen molar-refractivity contribution in [1.82, 2.24) is 0 Å². The van der Waals surface area contributed by atoms with Gasteiger partial charge >= 0.3 is 0 Å². The van der Waals surface area contributed by atoms with Crippen molar-refractivity contribution >= 4 is 174 Å². The number of thiophene rings is 1. The molecule has 0 amide bonds. The second-order valence-corrected chi connectivity index (χ2v) is 30.1. The summed E-state index contributed by atoms with van der Waals surface area (Å²) >= 11 is 1.80. The molecule has 4 heteroatoms. The first-order valence-corrected chi connectivity index (χ1v) is 39.3. The summed E-state index contributed by atoms with van der Waals surface area (Å²) in [5.74, 6) is 0. The molecular formula is C110H70N2OS. The molecule has 0 aliphatic heterocycles. The Balaban J connectivity index is 0.000000146. The number of rotatable bonds is 11. The van der Waals surface area contributed by atoms with Crippen molar-refractivity contribution in [2.45, 2.75) is 0 Å². The molecule has 0 spiro atoms. The van der Waals surface area contributed by atoms with E-state index in [9.17, 15) is 11.0 Å². The molecule has 0 N–H and O–H groups in total. The maximum absolute atomic E-state index is 9.85. The fourth-order valence-corrected chi connectivity index (χ4v) is 18.5. The smallest absolute Gasteiger partial charge is 0.143 e. The van der Waals surface area contributed by atoms with Gasteiger partial charge in [0.2, 0.25) is 0 Å². The van der Waals surface area contributed by atoms with E-state index in [2.05, 4.69) is 200 Å². The molecule has 114 heavy (non-hydrogen) atoms. The van der Waals surface area contributed by atoms with Gasteiger partial charge < -0.3 is 14.2 Å². The molecule has 2 heterocycles. The predicted octanol–water partition coefficient (Wildman–Crippen LogP) is 32.1. The molecule has 0 saturated heterocycles. The maximum Gasteiger partial charge on any atom is 0.143 e. The van der Waals surface area contributed by atoms with Crippen molar-refractivity contribution in [1.29, 1.82) is 0 Å². The van der Waals surface area contributed by atoms with Gasteiger partial charge in [0.15, 0.2) is 0 Å². The molecule has 0 unspecified atom stereocenters. The van der Waals surface area contributed by atoms with Gasteiger partial charge in [-0.15, -0.1) is 11.3 Å². The van der Waals surface area contributed by atoms with Crippen LogP contribution in [0.15, 0.2) is 429 Å². The van der Waals surface area contributed by atoms with Gasteiger partial charge in [-0.05, 0) is 199 Å². The Labute approximate surface area is 674 Å². The van der Waals surface area contributed by atoms with E-state index in [4.69, 9.17) is 4.42 Å². The van der Waals surface area contributed by atoms with Gasteiger partial charge in [0, 0.05) is 75.6 Å². The first-order valence-electron chi connectivity index (χ1n) is 42.4. The lowest BCUT2D eigenvalue weighted by molar-refractivity contribution is 0.671. The largest absolute Gasteiger partial charge is 0.455 e. The fourth-order valence-electron chi connectivity index (χ4n) is 17.3. The number of nitrogens with zero attached hydrogens (tertiary/aromatic N) is 2. The summed E-state index contributed by atoms with van der Waals surface area (Å²) in [6.07, 6.45) is 0. The van der Waals surface area contributed by atoms with Gasteiger partial charge in [0.05, 0.1) is 22.3 Å². The van der Waals surface area contributed by atoms with Crippen molar-refractivity contribution in [2.75, 3.05) is 9.80 Å². The molecule has 0 aliphatic rings. The number of furan rings is 1. The highest BCUT2D eigenvalue weighted by Gasteiger charge is 2.24. The SMILES string of the molecule is [2H]c1c([2H])c(N(c2ccc(-c3cccc4c3oc3c(-c5ccccc5)cccc34)cc2)c2cc3ccccc3c3ccccc23)c([2H])c([2H])c1-c1cc2ccccc2c2ccccc12.[2H]c1c([2H])c(N(c2ccc(-c3cccc4c3sc3ccccc34)cc2)c2cc3ccccc3c3ccccc23)c([2H])c([2H])c1-c1cc2ccccc2c2ccccc12. The number of hydrogen-bond donors (Lipinski definition) is 0. The highest BCUT2D eigenvalue weighted by molar-refractivity contribution is 7.26. The Bertz CT molecular complexity index is 8210. The minimum Gasteiger partial charge on any atom is -0.455 e. The standard InChI is InChI=1S/C58H37NO.C52H33NS/c1-2-14-38(15-3-1)47-24-12-26-53-54-27-13-25-48(58(54)60-57(47)53)39-28-32-43(33-29-39)59(56-37-42-17-5-7-19-46(42)50-21-10-11-23-52(50)56)44-34-30-40(31-35-44)55-36-41-16-4-6-18-45(41)49-20-8-9-22-51(49)55;1-3-14-40-36(12-1)32-49(45-18-6-5-16-43(40)45)35-26-30-39(31-27-35)53(50-33-37-13-2-4-15-41(37)44-17-7-8-19-46(44)50)38-28-24-34(25-29-38)42-21-11-22-48-47-20-9-10-23-51(47)54-52(42)48/h1-37H;1-33H/i30D,31D,34D,35D;26D,27D,30D,31D. The molecule has 21 aromatic carbocycles. The molecular weight excluding hydrogens is 1400 g/mol. The normalized spacial score (nSPS) is 12.7. The summed E-state index contributed by atoms with van der Waals surface area (Å²) in [7, 11) is 0. The Morgan fingerprint density at radius 2 is 0.518 bits per heavy atom. The van der Waals surface area contributed by atoms with Crippen LogP contribution < -0.4 is 9.80 Å². The lowest BCUT2D eigenvalue weighted by Crippen LogP contribution is -2.10. The number of hydrogen-bond acceptors (Lipinski definition) is 4. The first-order chi connectivity index (χ1) is 59.9. The zero-order chi connectivity index (χ0) is 82.1. The molecule has 0 bridgehead atoms. The van der Waals surface area contributed by atoms with Crippen LogP contribution >= 0.6 is 11.3 Å². The molecule has 0 aliphatic carbocycles. The monoisotopic (exact) mass is 1470 g/mol. The van der Waals surface area contributed by atoms with Gasteiger partial charge in [-0.1, -0.05) is 346 Å². The minimum absolute atomic E-state index is 0.0837. The molecule has 0 saturated carbocycles. The van der Waals surface area contributed by atoms with Crippen LogP contribution in [0.2, 0.25) is 0 Å².